The van der Waals surface area contributed by atoms with Gasteiger partial charge < -0.3 is 39.4 Å². The molecule has 4 N–H and O–H groups in total. The summed E-state index contributed by atoms with van der Waals surface area (Å²) in [5.74, 6) is -2.49. The zero-order valence-electron chi connectivity index (χ0n) is 18.2. The molecule has 2 heterocycles. The molecule has 31 heavy (non-hydrogen) atoms. The third-order valence-electron chi connectivity index (χ3n) is 5.70. The van der Waals surface area contributed by atoms with Gasteiger partial charge in [0.1, 0.15) is 5.60 Å². The molecule has 2 fully saturated rings. The average molecular weight is 444 g/mol. The Labute approximate surface area is 181 Å². The lowest BCUT2D eigenvalue weighted by molar-refractivity contribution is -0.369. The molecule has 2 aliphatic heterocycles. The van der Waals surface area contributed by atoms with Gasteiger partial charge in [0, 0.05) is 23.0 Å². The fourth-order valence-electron chi connectivity index (χ4n) is 3.42. The molecule has 0 saturated carbocycles. The monoisotopic (exact) mass is 444 g/mol. The van der Waals surface area contributed by atoms with Crippen molar-refractivity contribution < 1.29 is 49.0 Å². The van der Waals surface area contributed by atoms with Crippen LogP contribution in [0.3, 0.4) is 0 Å². The first-order chi connectivity index (χ1) is 14.3. The van der Waals surface area contributed by atoms with E-state index in [0.29, 0.717) is 0 Å². The van der Waals surface area contributed by atoms with Gasteiger partial charge in [-0.05, 0) is 12.2 Å². The highest BCUT2D eigenvalue weighted by Crippen LogP contribution is 2.49. The van der Waals surface area contributed by atoms with Crippen molar-refractivity contribution in [1.82, 2.24) is 0 Å². The number of aliphatic carboxylic acids is 2. The summed E-state index contributed by atoms with van der Waals surface area (Å²) in [5, 5.41) is 37.8. The first-order valence-corrected chi connectivity index (χ1v) is 9.92. The Bertz CT molecular complexity index is 683. The zero-order chi connectivity index (χ0) is 23.5. The maximum atomic E-state index is 11.3. The van der Waals surface area contributed by atoms with Gasteiger partial charge in [-0.25, -0.2) is 9.59 Å². The maximum absolute atomic E-state index is 11.3. The number of carboxylic acids is 2. The molecule has 1 atom stereocenters. The molecule has 2 rings (SSSR count). The Balaban J connectivity index is 2.51. The van der Waals surface area contributed by atoms with Crippen molar-refractivity contribution in [2.45, 2.75) is 45.9 Å². The van der Waals surface area contributed by atoms with Gasteiger partial charge in [0.2, 0.25) is 0 Å². The second-order valence-electron chi connectivity index (χ2n) is 9.42. The molecule has 0 aromatic carbocycles. The summed E-state index contributed by atoms with van der Waals surface area (Å²) in [6, 6.07) is 0. The molecule has 0 bridgehead atoms. The lowest BCUT2D eigenvalue weighted by Gasteiger charge is -2.56. The van der Waals surface area contributed by atoms with E-state index in [1.54, 1.807) is 27.7 Å². The maximum Gasteiger partial charge on any atom is 0.328 e. The summed E-state index contributed by atoms with van der Waals surface area (Å²) in [7, 11) is 0. The SMILES string of the molecule is CC(C)(CO)C1OCC2(CO1)COC(C(C)(C)CO)OC2(C=CC(=O)O)C=CC(=O)O. The number of aliphatic hydroxyl groups is 2. The molecule has 2 saturated heterocycles. The fourth-order valence-corrected chi connectivity index (χ4v) is 3.42. The lowest BCUT2D eigenvalue weighted by atomic mass is 9.70. The quantitative estimate of drug-likeness (QED) is 0.395. The van der Waals surface area contributed by atoms with E-state index < -0.39 is 46.4 Å². The van der Waals surface area contributed by atoms with Gasteiger partial charge in [0.25, 0.3) is 0 Å². The minimum atomic E-state index is -1.58. The van der Waals surface area contributed by atoms with Gasteiger partial charge in [0.15, 0.2) is 12.6 Å². The van der Waals surface area contributed by atoms with Gasteiger partial charge in [-0.2, -0.15) is 0 Å². The minimum Gasteiger partial charge on any atom is -0.478 e. The standard InChI is InChI=1S/C21H32O10/c1-18(2,9-22)16-28-11-20(12-29-16)13-30-17(19(3,4)10-23)31-21(20,7-5-14(24)25)8-6-15(26)27/h5-8,16-17,22-23H,9-13H2,1-4H3,(H,24,25)(H,26,27). The Hall–Kier alpha value is -1.82. The molecule has 0 amide bonds. The summed E-state index contributed by atoms with van der Waals surface area (Å²) in [6.45, 7) is 6.44. The van der Waals surface area contributed by atoms with Crippen LogP contribution in [0.5, 0.6) is 0 Å². The van der Waals surface area contributed by atoms with Gasteiger partial charge in [-0.15, -0.1) is 0 Å². The number of carbonyl (C=O) groups is 2. The molecule has 0 aromatic heterocycles. The van der Waals surface area contributed by atoms with Crippen LogP contribution in [-0.2, 0) is 28.5 Å². The molecule has 0 aliphatic carbocycles. The minimum absolute atomic E-state index is 0.0126. The van der Waals surface area contributed by atoms with Crippen molar-refractivity contribution in [2.24, 2.45) is 16.2 Å². The van der Waals surface area contributed by atoms with Crippen LogP contribution < -0.4 is 0 Å². The van der Waals surface area contributed by atoms with Gasteiger partial charge in [-0.1, -0.05) is 27.7 Å². The topological polar surface area (TPSA) is 152 Å². The lowest BCUT2D eigenvalue weighted by Crippen LogP contribution is -2.66. The zero-order valence-corrected chi connectivity index (χ0v) is 18.2. The van der Waals surface area contributed by atoms with Crippen molar-refractivity contribution in [3.63, 3.8) is 0 Å². The second-order valence-corrected chi connectivity index (χ2v) is 9.42. The predicted octanol–water partition coefficient (Wildman–Crippen LogP) is 0.776. The van der Waals surface area contributed by atoms with E-state index in [0.717, 1.165) is 12.2 Å². The highest BCUT2D eigenvalue weighted by Gasteiger charge is 2.59. The number of hydrogen-bond donors (Lipinski definition) is 4. The van der Waals surface area contributed by atoms with Crippen LogP contribution in [-0.4, -0.2) is 83.6 Å². The molecule has 10 heteroatoms. The Morgan fingerprint density at radius 1 is 0.839 bits per heavy atom. The van der Waals surface area contributed by atoms with Crippen molar-refractivity contribution in [3.8, 4) is 0 Å². The summed E-state index contributed by atoms with van der Waals surface area (Å²) in [4.78, 5) is 22.6. The third kappa shape index (κ3) is 5.33. The number of hydrogen-bond acceptors (Lipinski definition) is 8. The van der Waals surface area contributed by atoms with Crippen LogP contribution in [0.2, 0.25) is 0 Å². The van der Waals surface area contributed by atoms with Gasteiger partial charge in [0.05, 0.1) is 38.4 Å². The Kier molecular flexibility index (Phi) is 7.68. The highest BCUT2D eigenvalue weighted by atomic mass is 16.7. The molecule has 176 valence electrons. The number of aliphatic hydroxyl groups excluding tert-OH is 2. The van der Waals surface area contributed by atoms with E-state index in [4.69, 9.17) is 18.9 Å². The number of rotatable bonds is 8. The molecule has 10 nitrogen and oxygen atoms in total. The Morgan fingerprint density at radius 2 is 1.23 bits per heavy atom. The normalized spacial score (nSPS) is 32.7. The number of ether oxygens (including phenoxy) is 4. The highest BCUT2D eigenvalue weighted by molar-refractivity contribution is 5.81. The predicted molar refractivity (Wildman–Crippen MR) is 107 cm³/mol. The molecular weight excluding hydrogens is 412 g/mol. The summed E-state index contributed by atoms with van der Waals surface area (Å²) < 4.78 is 23.8. The van der Waals surface area contributed by atoms with Crippen LogP contribution in [0.1, 0.15) is 27.7 Å². The number of carboxylic acid groups (broad SMARTS) is 2. The van der Waals surface area contributed by atoms with E-state index in [1.165, 1.54) is 12.2 Å². The van der Waals surface area contributed by atoms with Gasteiger partial charge in [-0.3, -0.25) is 0 Å². The van der Waals surface area contributed by atoms with Crippen LogP contribution in [0, 0.1) is 16.2 Å². The van der Waals surface area contributed by atoms with Crippen LogP contribution in [0.15, 0.2) is 24.3 Å². The molecular formula is C21H32O10. The Morgan fingerprint density at radius 3 is 1.61 bits per heavy atom. The van der Waals surface area contributed by atoms with Crippen molar-refractivity contribution >= 4 is 11.9 Å². The first kappa shape index (κ1) is 25.4. The van der Waals surface area contributed by atoms with E-state index >= 15 is 0 Å². The van der Waals surface area contributed by atoms with E-state index in [9.17, 15) is 30.0 Å². The summed E-state index contributed by atoms with van der Waals surface area (Å²) in [6.07, 6.45) is 2.54. The molecule has 1 unspecified atom stereocenters. The van der Waals surface area contributed by atoms with Crippen molar-refractivity contribution in [3.05, 3.63) is 24.3 Å². The van der Waals surface area contributed by atoms with Crippen LogP contribution in [0.25, 0.3) is 0 Å². The molecule has 0 radical (unpaired) electrons. The van der Waals surface area contributed by atoms with Crippen molar-refractivity contribution in [1.29, 1.82) is 0 Å². The fraction of sp³-hybridized carbons (Fsp3) is 0.714. The summed E-state index contributed by atoms with van der Waals surface area (Å²) in [5.41, 5.74) is -4.25. The van der Waals surface area contributed by atoms with Gasteiger partial charge >= 0.3 is 11.9 Å². The van der Waals surface area contributed by atoms with E-state index in [1.807, 2.05) is 0 Å². The first-order valence-electron chi connectivity index (χ1n) is 9.92. The average Bonchev–Trinajstić information content (AvgIpc) is 2.72. The smallest absolute Gasteiger partial charge is 0.328 e. The largest absolute Gasteiger partial charge is 0.478 e. The van der Waals surface area contributed by atoms with Crippen LogP contribution in [0.4, 0.5) is 0 Å². The second kappa shape index (κ2) is 9.35. The third-order valence-corrected chi connectivity index (χ3v) is 5.70. The van der Waals surface area contributed by atoms with Crippen molar-refractivity contribution in [2.75, 3.05) is 33.0 Å². The van der Waals surface area contributed by atoms with E-state index in [2.05, 4.69) is 0 Å². The molecule has 2 aliphatic rings. The summed E-state index contributed by atoms with van der Waals surface area (Å²) >= 11 is 0. The van der Waals surface area contributed by atoms with E-state index in [-0.39, 0.29) is 33.0 Å². The van der Waals surface area contributed by atoms with Crippen LogP contribution >= 0.6 is 0 Å². The molecule has 1 spiro atoms. The molecule has 0 aromatic rings.